The first kappa shape index (κ1) is 23.5. The highest BCUT2D eigenvalue weighted by atomic mass is 19.1. The molecule has 10 nitrogen and oxygen atoms in total. The molecule has 0 bridgehead atoms. The highest BCUT2D eigenvalue weighted by molar-refractivity contribution is 6.04. The highest BCUT2D eigenvalue weighted by Crippen LogP contribution is 2.30. The van der Waals surface area contributed by atoms with Gasteiger partial charge in [-0.05, 0) is 55.2 Å². The second-order valence-electron chi connectivity index (χ2n) is 9.71. The number of anilines is 1. The Morgan fingerprint density at radius 2 is 1.89 bits per heavy atom. The van der Waals surface area contributed by atoms with Crippen LogP contribution < -0.4 is 5.32 Å². The molecule has 3 aliphatic heterocycles. The lowest BCUT2D eigenvalue weighted by molar-refractivity contribution is 0.0421. The van der Waals surface area contributed by atoms with E-state index in [0.29, 0.717) is 63.1 Å². The van der Waals surface area contributed by atoms with Gasteiger partial charge in [0.15, 0.2) is 5.82 Å². The maximum absolute atomic E-state index is 15.0. The van der Waals surface area contributed by atoms with Crippen molar-refractivity contribution in [2.75, 3.05) is 38.2 Å². The summed E-state index contributed by atoms with van der Waals surface area (Å²) < 4.78 is 22.4. The lowest BCUT2D eigenvalue weighted by Crippen LogP contribution is -2.49. The average Bonchev–Trinajstić information content (AvgIpc) is 3.51. The van der Waals surface area contributed by atoms with E-state index >= 15 is 0 Å². The number of fused-ring (bicyclic) bond motifs is 2. The summed E-state index contributed by atoms with van der Waals surface area (Å²) in [5.41, 5.74) is 2.10. The zero-order valence-corrected chi connectivity index (χ0v) is 20.6. The van der Waals surface area contributed by atoms with E-state index in [0.717, 1.165) is 29.8 Å². The second-order valence-corrected chi connectivity index (χ2v) is 9.71. The summed E-state index contributed by atoms with van der Waals surface area (Å²) in [5.74, 6) is 0.690. The fourth-order valence-corrected chi connectivity index (χ4v) is 5.28. The van der Waals surface area contributed by atoms with Gasteiger partial charge in [-0.1, -0.05) is 6.07 Å². The number of pyridine rings is 1. The van der Waals surface area contributed by atoms with Crippen molar-refractivity contribution in [1.82, 2.24) is 29.5 Å². The molecule has 37 heavy (non-hydrogen) atoms. The number of hydrogen-bond acceptors (Lipinski definition) is 6. The number of benzene rings is 1. The molecule has 1 saturated heterocycles. The predicted octanol–water partition coefficient (Wildman–Crippen LogP) is 3.05. The Kier molecular flexibility index (Phi) is 6.07. The molecule has 3 aliphatic rings. The Bertz CT molecular complexity index is 1370. The van der Waals surface area contributed by atoms with Gasteiger partial charge in [-0.15, -0.1) is 10.2 Å². The third-order valence-corrected chi connectivity index (χ3v) is 7.31. The number of morpholine rings is 1. The Hall–Kier alpha value is -3.86. The molecule has 1 N–H and O–H groups in total. The summed E-state index contributed by atoms with van der Waals surface area (Å²) in [6.07, 6.45) is 2.41. The van der Waals surface area contributed by atoms with Crippen LogP contribution in [0.15, 0.2) is 30.3 Å². The quantitative estimate of drug-likeness (QED) is 0.587. The smallest absolute Gasteiger partial charge is 0.320 e. The number of hydrogen-bond donors (Lipinski definition) is 1. The monoisotopic (exact) mass is 505 g/mol. The normalized spacial score (nSPS) is 18.9. The van der Waals surface area contributed by atoms with Crippen LogP contribution in [0.3, 0.4) is 0 Å². The van der Waals surface area contributed by atoms with E-state index in [-0.39, 0.29) is 17.6 Å². The van der Waals surface area contributed by atoms with Crippen LogP contribution in [0.5, 0.6) is 0 Å². The molecule has 0 radical (unpaired) electrons. The molecular weight excluding hydrogens is 477 g/mol. The number of aryl methyl sites for hydroxylation is 1. The molecule has 3 amide bonds. The Labute approximate surface area is 213 Å². The number of amides is 3. The Balaban J connectivity index is 1.20. The zero-order valence-electron chi connectivity index (χ0n) is 20.6. The largest absolute Gasteiger partial charge is 0.378 e. The highest BCUT2D eigenvalue weighted by Gasteiger charge is 2.28. The summed E-state index contributed by atoms with van der Waals surface area (Å²) in [6, 6.07) is 8.43. The SMILES string of the molecule is C[C@H]1CCc2nnc(-c3cccc(NC(=O)c4cc5c(cc4F)CCN(C(=O)N4CCOCC4)C5)n3)n21. The van der Waals surface area contributed by atoms with Gasteiger partial charge in [-0.25, -0.2) is 14.2 Å². The molecule has 1 fully saturated rings. The number of aromatic nitrogens is 4. The van der Waals surface area contributed by atoms with Crippen molar-refractivity contribution in [1.29, 1.82) is 0 Å². The zero-order chi connectivity index (χ0) is 25.5. The minimum absolute atomic E-state index is 0.0559. The minimum Gasteiger partial charge on any atom is -0.378 e. The van der Waals surface area contributed by atoms with Gasteiger partial charge >= 0.3 is 6.03 Å². The van der Waals surface area contributed by atoms with E-state index in [2.05, 4.69) is 32.0 Å². The van der Waals surface area contributed by atoms with Crippen LogP contribution in [-0.2, 0) is 24.1 Å². The fraction of sp³-hybridized carbons (Fsp3) is 0.423. The van der Waals surface area contributed by atoms with Crippen LogP contribution in [0.25, 0.3) is 11.5 Å². The molecule has 0 aliphatic carbocycles. The number of urea groups is 1. The van der Waals surface area contributed by atoms with Gasteiger partial charge in [0.25, 0.3) is 5.91 Å². The third kappa shape index (κ3) is 4.43. The van der Waals surface area contributed by atoms with Crippen molar-refractivity contribution in [3.05, 3.63) is 58.7 Å². The van der Waals surface area contributed by atoms with Crippen molar-refractivity contribution < 1.29 is 18.7 Å². The van der Waals surface area contributed by atoms with E-state index in [1.807, 2.05) is 6.07 Å². The van der Waals surface area contributed by atoms with Gasteiger partial charge < -0.3 is 24.4 Å². The third-order valence-electron chi connectivity index (χ3n) is 7.31. The van der Waals surface area contributed by atoms with Crippen molar-refractivity contribution in [2.24, 2.45) is 0 Å². The first-order chi connectivity index (χ1) is 18.0. The number of carbonyl (C=O) groups is 2. The van der Waals surface area contributed by atoms with Crippen LogP contribution in [0, 0.1) is 5.82 Å². The first-order valence-electron chi connectivity index (χ1n) is 12.6. The molecule has 3 aromatic rings. The maximum Gasteiger partial charge on any atom is 0.320 e. The molecule has 11 heteroatoms. The van der Waals surface area contributed by atoms with E-state index < -0.39 is 11.7 Å². The van der Waals surface area contributed by atoms with Gasteiger partial charge in [-0.2, -0.15) is 0 Å². The number of nitrogens with one attached hydrogen (secondary N) is 1. The molecule has 1 atom stereocenters. The summed E-state index contributed by atoms with van der Waals surface area (Å²) in [7, 11) is 0. The lowest BCUT2D eigenvalue weighted by Gasteiger charge is -2.35. The standard InChI is InChI=1S/C26H28FN7O3/c1-16-5-6-23-30-31-24(34(16)23)21-3-2-4-22(28-21)29-25(35)19-13-18-15-33(8-7-17(18)14-20(19)27)26(36)32-9-11-37-12-10-32/h2-4,13-14,16H,5-12,15H2,1H3,(H,28,29,35)/t16-/m0/s1. The van der Waals surface area contributed by atoms with Crippen LogP contribution in [0.1, 0.15) is 46.7 Å². The molecule has 192 valence electrons. The van der Waals surface area contributed by atoms with Gasteiger partial charge in [0.1, 0.15) is 23.2 Å². The summed E-state index contributed by atoms with van der Waals surface area (Å²) >= 11 is 0. The summed E-state index contributed by atoms with van der Waals surface area (Å²) in [6.45, 7) is 5.12. The molecule has 0 spiro atoms. The van der Waals surface area contributed by atoms with Crippen LogP contribution >= 0.6 is 0 Å². The van der Waals surface area contributed by atoms with Gasteiger partial charge in [0.2, 0.25) is 0 Å². The van der Waals surface area contributed by atoms with Gasteiger partial charge in [-0.3, -0.25) is 4.79 Å². The fourth-order valence-electron chi connectivity index (χ4n) is 5.28. The van der Waals surface area contributed by atoms with Gasteiger partial charge in [0, 0.05) is 38.6 Å². The molecule has 5 heterocycles. The lowest BCUT2D eigenvalue weighted by atomic mass is 9.96. The summed E-state index contributed by atoms with van der Waals surface area (Å²) in [4.78, 5) is 34.1. The first-order valence-corrected chi connectivity index (χ1v) is 12.6. The molecule has 2 aromatic heterocycles. The number of rotatable bonds is 3. The molecule has 0 saturated carbocycles. The topological polar surface area (TPSA) is 105 Å². The number of carbonyl (C=O) groups excluding carboxylic acids is 2. The maximum atomic E-state index is 15.0. The van der Waals surface area contributed by atoms with Crippen molar-refractivity contribution >= 4 is 17.8 Å². The number of nitrogens with zero attached hydrogens (tertiary/aromatic N) is 6. The van der Waals surface area contributed by atoms with Crippen molar-refractivity contribution in [2.45, 2.75) is 38.8 Å². The Morgan fingerprint density at radius 1 is 1.05 bits per heavy atom. The predicted molar refractivity (Wildman–Crippen MR) is 133 cm³/mol. The van der Waals surface area contributed by atoms with Crippen molar-refractivity contribution in [3.63, 3.8) is 0 Å². The molecular formula is C26H28FN7O3. The molecule has 1 aromatic carbocycles. The number of halogens is 1. The van der Waals surface area contributed by atoms with Crippen LogP contribution in [0.4, 0.5) is 15.0 Å². The van der Waals surface area contributed by atoms with Crippen LogP contribution in [-0.4, -0.2) is 74.3 Å². The second kappa shape index (κ2) is 9.55. The van der Waals surface area contributed by atoms with Gasteiger partial charge in [0.05, 0.1) is 18.8 Å². The van der Waals surface area contributed by atoms with E-state index in [9.17, 15) is 14.0 Å². The van der Waals surface area contributed by atoms with Crippen molar-refractivity contribution in [3.8, 4) is 11.5 Å². The van der Waals surface area contributed by atoms with E-state index in [4.69, 9.17) is 4.74 Å². The Morgan fingerprint density at radius 3 is 2.73 bits per heavy atom. The molecule has 0 unspecified atom stereocenters. The van der Waals surface area contributed by atoms with E-state index in [1.54, 1.807) is 28.0 Å². The minimum atomic E-state index is -0.596. The molecule has 6 rings (SSSR count). The number of ether oxygens (including phenoxy) is 1. The summed E-state index contributed by atoms with van der Waals surface area (Å²) in [5, 5.41) is 11.3. The van der Waals surface area contributed by atoms with Crippen LogP contribution in [0.2, 0.25) is 0 Å². The average molecular weight is 506 g/mol. The van der Waals surface area contributed by atoms with E-state index in [1.165, 1.54) is 6.07 Å².